The van der Waals surface area contributed by atoms with Crippen LogP contribution in [0.3, 0.4) is 0 Å². The molecule has 0 aromatic heterocycles. The third kappa shape index (κ3) is 3.95. The van der Waals surface area contributed by atoms with Gasteiger partial charge in [0.25, 0.3) is 0 Å². The first-order valence-electron chi connectivity index (χ1n) is 7.36. The molecule has 106 valence electrons. The predicted octanol–water partition coefficient (Wildman–Crippen LogP) is 1.62. The van der Waals surface area contributed by atoms with Gasteiger partial charge in [-0.15, -0.1) is 0 Å². The molecule has 1 aliphatic carbocycles. The van der Waals surface area contributed by atoms with E-state index in [-0.39, 0.29) is 5.91 Å². The second-order valence-corrected chi connectivity index (χ2v) is 5.66. The summed E-state index contributed by atoms with van der Waals surface area (Å²) in [6.45, 7) is 6.67. The highest BCUT2D eigenvalue weighted by atomic mass is 16.1. The molecule has 2 unspecified atom stereocenters. The fourth-order valence-corrected chi connectivity index (χ4v) is 2.78. The van der Waals surface area contributed by atoms with Crippen molar-refractivity contribution in [3.63, 3.8) is 0 Å². The summed E-state index contributed by atoms with van der Waals surface area (Å²) in [4.78, 5) is 13.9. The first-order chi connectivity index (χ1) is 8.53. The summed E-state index contributed by atoms with van der Waals surface area (Å²) in [7, 11) is 0. The number of amides is 1. The quantitative estimate of drug-likeness (QED) is 0.692. The highest BCUT2D eigenvalue weighted by Crippen LogP contribution is 2.31. The molecule has 0 aromatic carbocycles. The summed E-state index contributed by atoms with van der Waals surface area (Å²) < 4.78 is 0. The lowest BCUT2D eigenvalue weighted by molar-refractivity contribution is -0.123. The third-order valence-corrected chi connectivity index (χ3v) is 4.13. The van der Waals surface area contributed by atoms with E-state index in [2.05, 4.69) is 18.7 Å². The van der Waals surface area contributed by atoms with Crippen LogP contribution in [0.4, 0.5) is 0 Å². The number of nitrogens with two attached hydrogens (primary N) is 2. The van der Waals surface area contributed by atoms with Crippen molar-refractivity contribution < 1.29 is 4.79 Å². The van der Waals surface area contributed by atoms with Gasteiger partial charge in [0.1, 0.15) is 0 Å². The number of hydrogen-bond donors (Lipinski definition) is 2. The van der Waals surface area contributed by atoms with Crippen LogP contribution in [0.15, 0.2) is 0 Å². The van der Waals surface area contributed by atoms with Crippen molar-refractivity contribution in [2.45, 2.75) is 70.4 Å². The Kier molecular flexibility index (Phi) is 6.09. The summed E-state index contributed by atoms with van der Waals surface area (Å²) in [5, 5.41) is 0. The molecule has 0 aliphatic heterocycles. The molecule has 0 aromatic rings. The first kappa shape index (κ1) is 15.4. The molecule has 18 heavy (non-hydrogen) atoms. The van der Waals surface area contributed by atoms with Crippen molar-refractivity contribution in [3.8, 4) is 0 Å². The lowest BCUT2D eigenvalue weighted by Gasteiger charge is -2.30. The zero-order chi connectivity index (χ0) is 13.6. The fraction of sp³-hybridized carbons (Fsp3) is 0.929. The molecule has 0 heterocycles. The molecule has 0 bridgehead atoms. The number of carbonyl (C=O) groups is 1. The second kappa shape index (κ2) is 7.10. The Labute approximate surface area is 111 Å². The molecule has 1 amide bonds. The van der Waals surface area contributed by atoms with E-state index in [1.54, 1.807) is 0 Å². The Hall–Kier alpha value is -0.610. The molecule has 1 saturated carbocycles. The molecule has 0 radical (unpaired) electrons. The summed E-state index contributed by atoms with van der Waals surface area (Å²) in [5.41, 5.74) is 10.7. The van der Waals surface area contributed by atoms with E-state index in [1.807, 2.05) is 0 Å². The van der Waals surface area contributed by atoms with E-state index < -0.39 is 5.54 Å². The molecule has 4 heteroatoms. The van der Waals surface area contributed by atoms with Crippen molar-refractivity contribution in [2.75, 3.05) is 13.1 Å². The van der Waals surface area contributed by atoms with Crippen LogP contribution in [0.1, 0.15) is 58.8 Å². The van der Waals surface area contributed by atoms with Gasteiger partial charge in [-0.25, -0.2) is 0 Å². The van der Waals surface area contributed by atoms with Crippen molar-refractivity contribution in [2.24, 2.45) is 11.5 Å². The molecule has 1 rings (SSSR count). The molecular weight excluding hydrogens is 226 g/mol. The van der Waals surface area contributed by atoms with Gasteiger partial charge in [-0.3, -0.25) is 4.79 Å². The summed E-state index contributed by atoms with van der Waals surface area (Å²) in [6, 6.07) is 0.445. The van der Waals surface area contributed by atoms with Gasteiger partial charge in [0.2, 0.25) is 5.91 Å². The van der Waals surface area contributed by atoms with Crippen LogP contribution in [-0.2, 0) is 4.79 Å². The van der Waals surface area contributed by atoms with Gasteiger partial charge in [0.05, 0.1) is 5.54 Å². The first-order valence-corrected chi connectivity index (χ1v) is 7.36. The number of hydrogen-bond acceptors (Lipinski definition) is 3. The van der Waals surface area contributed by atoms with Crippen molar-refractivity contribution in [1.29, 1.82) is 0 Å². The lowest BCUT2D eigenvalue weighted by Crippen LogP contribution is -2.51. The molecule has 4 N–H and O–H groups in total. The standard InChI is InChI=1S/C14H29N3O/c1-3-5-9-17(10-6-4-2)12-7-8-14(16,11-12)13(15)18/h12H,3-11,16H2,1-2H3,(H2,15,18). The van der Waals surface area contributed by atoms with Gasteiger partial charge in [-0.05, 0) is 45.2 Å². The second-order valence-electron chi connectivity index (χ2n) is 5.66. The number of nitrogens with zero attached hydrogens (tertiary/aromatic N) is 1. The van der Waals surface area contributed by atoms with Crippen LogP contribution in [-0.4, -0.2) is 35.5 Å². The molecule has 4 nitrogen and oxygen atoms in total. The average Bonchev–Trinajstić information content (AvgIpc) is 2.73. The molecule has 1 fully saturated rings. The van der Waals surface area contributed by atoms with Gasteiger partial charge in [-0.2, -0.15) is 0 Å². The van der Waals surface area contributed by atoms with E-state index in [0.717, 1.165) is 32.4 Å². The van der Waals surface area contributed by atoms with Crippen LogP contribution in [0, 0.1) is 0 Å². The van der Waals surface area contributed by atoms with Crippen LogP contribution >= 0.6 is 0 Å². The van der Waals surface area contributed by atoms with Crippen molar-refractivity contribution in [3.05, 3.63) is 0 Å². The predicted molar refractivity (Wildman–Crippen MR) is 75.1 cm³/mol. The minimum atomic E-state index is -0.763. The van der Waals surface area contributed by atoms with E-state index in [1.165, 1.54) is 25.7 Å². The summed E-state index contributed by atoms with van der Waals surface area (Å²) >= 11 is 0. The summed E-state index contributed by atoms with van der Waals surface area (Å²) in [6.07, 6.45) is 7.32. The smallest absolute Gasteiger partial charge is 0.237 e. The molecule has 0 saturated heterocycles. The lowest BCUT2D eigenvalue weighted by atomic mass is 9.98. The summed E-state index contributed by atoms with van der Waals surface area (Å²) in [5.74, 6) is -0.337. The maximum atomic E-state index is 11.4. The number of primary amides is 1. The minimum absolute atomic E-state index is 0.337. The monoisotopic (exact) mass is 255 g/mol. The van der Waals surface area contributed by atoms with E-state index in [4.69, 9.17) is 11.5 Å². The van der Waals surface area contributed by atoms with Crippen LogP contribution in [0.5, 0.6) is 0 Å². The molecular formula is C14H29N3O. The molecule has 0 spiro atoms. The van der Waals surface area contributed by atoms with E-state index in [9.17, 15) is 4.79 Å². The Bertz CT molecular complexity index is 262. The topological polar surface area (TPSA) is 72.3 Å². The van der Waals surface area contributed by atoms with Crippen LogP contribution in [0.25, 0.3) is 0 Å². The van der Waals surface area contributed by atoms with Crippen molar-refractivity contribution >= 4 is 5.91 Å². The van der Waals surface area contributed by atoms with Crippen LogP contribution < -0.4 is 11.5 Å². The van der Waals surface area contributed by atoms with Crippen molar-refractivity contribution in [1.82, 2.24) is 4.90 Å². The third-order valence-electron chi connectivity index (χ3n) is 4.13. The Morgan fingerprint density at radius 2 is 1.83 bits per heavy atom. The highest BCUT2D eigenvalue weighted by Gasteiger charge is 2.42. The number of unbranched alkanes of at least 4 members (excludes halogenated alkanes) is 2. The highest BCUT2D eigenvalue weighted by molar-refractivity contribution is 5.84. The number of rotatable bonds is 8. The fourth-order valence-electron chi connectivity index (χ4n) is 2.78. The van der Waals surface area contributed by atoms with Gasteiger partial charge < -0.3 is 16.4 Å². The largest absolute Gasteiger partial charge is 0.368 e. The Morgan fingerprint density at radius 3 is 2.22 bits per heavy atom. The Balaban J connectivity index is 2.55. The molecule has 2 atom stereocenters. The SMILES string of the molecule is CCCCN(CCCC)C1CCC(N)(C(N)=O)C1. The Morgan fingerprint density at radius 1 is 1.28 bits per heavy atom. The average molecular weight is 255 g/mol. The van der Waals surface area contributed by atoms with Gasteiger partial charge in [-0.1, -0.05) is 26.7 Å². The molecule has 1 aliphatic rings. The van der Waals surface area contributed by atoms with E-state index >= 15 is 0 Å². The van der Waals surface area contributed by atoms with Gasteiger partial charge >= 0.3 is 0 Å². The minimum Gasteiger partial charge on any atom is -0.368 e. The zero-order valence-electron chi connectivity index (χ0n) is 12.0. The maximum absolute atomic E-state index is 11.4. The maximum Gasteiger partial charge on any atom is 0.237 e. The van der Waals surface area contributed by atoms with Crippen LogP contribution in [0.2, 0.25) is 0 Å². The van der Waals surface area contributed by atoms with Gasteiger partial charge in [0, 0.05) is 6.04 Å². The van der Waals surface area contributed by atoms with E-state index in [0.29, 0.717) is 6.04 Å². The number of carbonyl (C=O) groups excluding carboxylic acids is 1. The normalized spacial score (nSPS) is 27.9. The van der Waals surface area contributed by atoms with Gasteiger partial charge in [0.15, 0.2) is 0 Å². The zero-order valence-corrected chi connectivity index (χ0v) is 12.0.